The fourth-order valence-electron chi connectivity index (χ4n) is 4.03. The Labute approximate surface area is 131 Å². The van der Waals surface area contributed by atoms with Crippen LogP contribution < -0.4 is 10.6 Å². The molecule has 4 heteroatoms. The maximum atomic E-state index is 14.2. The van der Waals surface area contributed by atoms with E-state index in [1.807, 2.05) is 6.07 Å². The van der Waals surface area contributed by atoms with Crippen molar-refractivity contribution < 1.29 is 9.18 Å². The van der Waals surface area contributed by atoms with E-state index in [9.17, 15) is 9.18 Å². The van der Waals surface area contributed by atoms with E-state index in [4.69, 9.17) is 0 Å². The summed E-state index contributed by atoms with van der Waals surface area (Å²) in [5, 5.41) is 6.43. The summed E-state index contributed by atoms with van der Waals surface area (Å²) in [7, 11) is 0. The standard InChI is InChI=1S/C18H25FN2O/c1-12(2)10-18(5-3-6-20-11-18)17(22)14-8-13-4-7-21-16(13)15(19)9-14/h8-9,12,20-21H,3-7,10-11H2,1-2H3. The van der Waals surface area contributed by atoms with Crippen molar-refractivity contribution in [3.8, 4) is 0 Å². The number of fused-ring (bicyclic) bond motifs is 1. The van der Waals surface area contributed by atoms with Gasteiger partial charge in [0.2, 0.25) is 0 Å². The first-order valence-electron chi connectivity index (χ1n) is 8.34. The van der Waals surface area contributed by atoms with Crippen molar-refractivity contribution >= 4 is 11.5 Å². The first kappa shape index (κ1) is 15.5. The number of hydrogen-bond acceptors (Lipinski definition) is 3. The van der Waals surface area contributed by atoms with E-state index in [0.29, 0.717) is 23.7 Å². The van der Waals surface area contributed by atoms with Crippen molar-refractivity contribution in [3.63, 3.8) is 0 Å². The van der Waals surface area contributed by atoms with Crippen molar-refractivity contribution in [2.24, 2.45) is 11.3 Å². The number of benzene rings is 1. The number of carbonyl (C=O) groups excluding carboxylic acids is 1. The van der Waals surface area contributed by atoms with Gasteiger partial charge in [0, 0.05) is 24.1 Å². The quantitative estimate of drug-likeness (QED) is 0.838. The molecular weight excluding hydrogens is 279 g/mol. The number of anilines is 1. The molecule has 0 saturated carbocycles. The molecule has 1 atom stereocenters. The molecule has 2 aliphatic rings. The molecule has 120 valence electrons. The number of piperidine rings is 1. The summed E-state index contributed by atoms with van der Waals surface area (Å²) >= 11 is 0. The number of Topliss-reactive ketones (excluding diaryl/α,β-unsaturated/α-hetero) is 1. The van der Waals surface area contributed by atoms with Crippen molar-refractivity contribution in [1.82, 2.24) is 5.32 Å². The van der Waals surface area contributed by atoms with E-state index < -0.39 is 0 Å². The lowest BCUT2D eigenvalue weighted by Crippen LogP contribution is -2.46. The van der Waals surface area contributed by atoms with E-state index in [2.05, 4.69) is 24.5 Å². The Balaban J connectivity index is 1.95. The Hall–Kier alpha value is -1.42. The van der Waals surface area contributed by atoms with Crippen LogP contribution in [0.15, 0.2) is 12.1 Å². The van der Waals surface area contributed by atoms with E-state index in [-0.39, 0.29) is 17.0 Å². The zero-order valence-corrected chi connectivity index (χ0v) is 13.5. The number of rotatable bonds is 4. The van der Waals surface area contributed by atoms with Gasteiger partial charge in [-0.3, -0.25) is 4.79 Å². The third kappa shape index (κ3) is 2.76. The minimum Gasteiger partial charge on any atom is -0.382 e. The molecule has 1 aromatic rings. The molecule has 3 nitrogen and oxygen atoms in total. The molecule has 0 aromatic heterocycles. The topological polar surface area (TPSA) is 41.1 Å². The van der Waals surface area contributed by atoms with Crippen molar-refractivity contribution in [2.75, 3.05) is 25.0 Å². The average Bonchev–Trinajstić information content (AvgIpc) is 2.95. The van der Waals surface area contributed by atoms with Gasteiger partial charge in [0.25, 0.3) is 0 Å². The molecule has 2 aliphatic heterocycles. The van der Waals surface area contributed by atoms with Crippen LogP contribution in [-0.4, -0.2) is 25.4 Å². The lowest BCUT2D eigenvalue weighted by Gasteiger charge is -2.38. The largest absolute Gasteiger partial charge is 0.382 e. The monoisotopic (exact) mass is 304 g/mol. The SMILES string of the molecule is CC(C)CC1(C(=O)c2cc(F)c3c(c2)CCN3)CCCNC1. The maximum absolute atomic E-state index is 14.2. The highest BCUT2D eigenvalue weighted by molar-refractivity contribution is 6.01. The fraction of sp³-hybridized carbons (Fsp3) is 0.611. The zero-order chi connectivity index (χ0) is 15.7. The van der Waals surface area contributed by atoms with Crippen LogP contribution >= 0.6 is 0 Å². The van der Waals surface area contributed by atoms with E-state index in [0.717, 1.165) is 44.3 Å². The van der Waals surface area contributed by atoms with Crippen LogP contribution in [0.25, 0.3) is 0 Å². The molecule has 0 radical (unpaired) electrons. The average molecular weight is 304 g/mol. The summed E-state index contributed by atoms with van der Waals surface area (Å²) in [6.45, 7) is 6.73. The zero-order valence-electron chi connectivity index (χ0n) is 13.5. The lowest BCUT2D eigenvalue weighted by molar-refractivity contribution is 0.0689. The van der Waals surface area contributed by atoms with Crippen LogP contribution in [0.5, 0.6) is 0 Å². The van der Waals surface area contributed by atoms with Crippen molar-refractivity contribution in [3.05, 3.63) is 29.1 Å². The first-order valence-corrected chi connectivity index (χ1v) is 8.34. The Bertz CT molecular complexity index is 577. The fourth-order valence-corrected chi connectivity index (χ4v) is 4.03. The van der Waals surface area contributed by atoms with Gasteiger partial charge in [-0.15, -0.1) is 0 Å². The molecule has 1 unspecified atom stereocenters. The Morgan fingerprint density at radius 2 is 2.18 bits per heavy atom. The Morgan fingerprint density at radius 1 is 1.36 bits per heavy atom. The second-order valence-electron chi connectivity index (χ2n) is 7.16. The highest BCUT2D eigenvalue weighted by Gasteiger charge is 2.40. The molecular formula is C18H25FN2O. The summed E-state index contributed by atoms with van der Waals surface area (Å²) in [6.07, 6.45) is 3.56. The molecule has 1 aromatic carbocycles. The third-order valence-electron chi connectivity index (χ3n) is 4.88. The van der Waals surface area contributed by atoms with Gasteiger partial charge in [-0.1, -0.05) is 13.8 Å². The van der Waals surface area contributed by atoms with Crippen LogP contribution in [0.2, 0.25) is 0 Å². The van der Waals surface area contributed by atoms with Gasteiger partial charge in [-0.05, 0) is 55.8 Å². The third-order valence-corrected chi connectivity index (χ3v) is 4.88. The van der Waals surface area contributed by atoms with Gasteiger partial charge < -0.3 is 10.6 Å². The van der Waals surface area contributed by atoms with Gasteiger partial charge >= 0.3 is 0 Å². The normalized spacial score (nSPS) is 24.2. The van der Waals surface area contributed by atoms with Gasteiger partial charge in [-0.25, -0.2) is 4.39 Å². The van der Waals surface area contributed by atoms with Gasteiger partial charge in [0.15, 0.2) is 5.78 Å². The van der Waals surface area contributed by atoms with Crippen LogP contribution in [0.1, 0.15) is 49.0 Å². The Morgan fingerprint density at radius 3 is 2.86 bits per heavy atom. The highest BCUT2D eigenvalue weighted by atomic mass is 19.1. The molecule has 1 fully saturated rings. The van der Waals surface area contributed by atoms with Gasteiger partial charge in [0.1, 0.15) is 5.82 Å². The highest BCUT2D eigenvalue weighted by Crippen LogP contribution is 2.38. The van der Waals surface area contributed by atoms with Crippen LogP contribution in [-0.2, 0) is 6.42 Å². The minimum atomic E-state index is -0.376. The van der Waals surface area contributed by atoms with E-state index in [1.165, 1.54) is 6.07 Å². The van der Waals surface area contributed by atoms with Crippen molar-refractivity contribution in [1.29, 1.82) is 0 Å². The number of carbonyl (C=O) groups is 1. The molecule has 2 heterocycles. The second-order valence-corrected chi connectivity index (χ2v) is 7.16. The molecule has 0 amide bonds. The second kappa shape index (κ2) is 5.99. The molecule has 0 bridgehead atoms. The van der Waals surface area contributed by atoms with Crippen LogP contribution in [0.4, 0.5) is 10.1 Å². The molecule has 22 heavy (non-hydrogen) atoms. The number of nitrogens with one attached hydrogen (secondary N) is 2. The summed E-state index contributed by atoms with van der Waals surface area (Å²) in [6, 6.07) is 3.33. The number of ketones is 1. The van der Waals surface area contributed by atoms with Crippen LogP contribution in [0.3, 0.4) is 0 Å². The smallest absolute Gasteiger partial charge is 0.170 e. The summed E-state index contributed by atoms with van der Waals surface area (Å²) in [5.74, 6) is 0.272. The summed E-state index contributed by atoms with van der Waals surface area (Å²) < 4.78 is 14.2. The number of hydrogen-bond donors (Lipinski definition) is 2. The molecule has 2 N–H and O–H groups in total. The van der Waals surface area contributed by atoms with E-state index >= 15 is 0 Å². The predicted octanol–water partition coefficient (Wildman–Crippen LogP) is 3.39. The van der Waals surface area contributed by atoms with Crippen LogP contribution in [0, 0.1) is 17.2 Å². The maximum Gasteiger partial charge on any atom is 0.170 e. The van der Waals surface area contributed by atoms with Gasteiger partial charge in [-0.2, -0.15) is 0 Å². The lowest BCUT2D eigenvalue weighted by atomic mass is 9.69. The minimum absolute atomic E-state index is 0.113. The summed E-state index contributed by atoms with van der Waals surface area (Å²) in [5.41, 5.74) is 1.69. The van der Waals surface area contributed by atoms with Crippen molar-refractivity contribution in [2.45, 2.75) is 39.5 Å². The van der Waals surface area contributed by atoms with Gasteiger partial charge in [0.05, 0.1) is 5.69 Å². The molecule has 3 rings (SSSR count). The summed E-state index contributed by atoms with van der Waals surface area (Å²) in [4.78, 5) is 13.2. The molecule has 0 spiro atoms. The molecule has 1 saturated heterocycles. The Kier molecular flexibility index (Phi) is 4.22. The molecule has 0 aliphatic carbocycles. The van der Waals surface area contributed by atoms with E-state index in [1.54, 1.807) is 0 Å². The predicted molar refractivity (Wildman–Crippen MR) is 86.9 cm³/mol. The number of halogens is 1. The first-order chi connectivity index (χ1) is 10.5.